The third kappa shape index (κ3) is 6.59. The molecule has 144 valence electrons. The molecule has 0 saturated carbocycles. The van der Waals surface area contributed by atoms with Crippen molar-refractivity contribution in [3.8, 4) is 5.75 Å². The predicted molar refractivity (Wildman–Crippen MR) is 91.0 cm³/mol. The molecule has 0 atom stereocenters. The Bertz CT molecular complexity index is 587. The first-order valence-electron chi connectivity index (χ1n) is 8.58. The summed E-state index contributed by atoms with van der Waals surface area (Å²) in [5, 5.41) is 2.85. The number of hydrogen-bond donors (Lipinski definition) is 1. The normalized spacial score (nSPS) is 15.7. The second-order valence-corrected chi connectivity index (χ2v) is 6.20. The maximum atomic E-state index is 12.1. The van der Waals surface area contributed by atoms with Crippen LogP contribution in [0.4, 0.5) is 8.78 Å². The Balaban J connectivity index is 1.64. The van der Waals surface area contributed by atoms with Gasteiger partial charge >= 0.3 is 12.6 Å². The van der Waals surface area contributed by atoms with Crippen LogP contribution in [0, 0.1) is 5.92 Å². The minimum absolute atomic E-state index is 0.0702. The molecule has 2 rings (SSSR count). The lowest BCUT2D eigenvalue weighted by atomic mass is 9.97. The van der Waals surface area contributed by atoms with E-state index in [4.69, 9.17) is 4.74 Å². The van der Waals surface area contributed by atoms with Crippen molar-refractivity contribution in [3.05, 3.63) is 29.8 Å². The van der Waals surface area contributed by atoms with Gasteiger partial charge < -0.3 is 14.8 Å². The fourth-order valence-electron chi connectivity index (χ4n) is 2.94. The molecule has 0 aliphatic carbocycles. The molecule has 1 N–H and O–H groups in total. The fourth-order valence-corrected chi connectivity index (χ4v) is 2.94. The van der Waals surface area contributed by atoms with E-state index >= 15 is 0 Å². The Hall–Kier alpha value is -2.22. The van der Waals surface area contributed by atoms with Crippen molar-refractivity contribution < 1.29 is 27.8 Å². The van der Waals surface area contributed by atoms with Crippen LogP contribution in [0.5, 0.6) is 5.75 Å². The molecule has 1 amide bonds. The summed E-state index contributed by atoms with van der Waals surface area (Å²) in [6.45, 7) is -0.683. The van der Waals surface area contributed by atoms with Gasteiger partial charge in [0, 0.05) is 6.54 Å². The van der Waals surface area contributed by atoms with Crippen LogP contribution in [0.15, 0.2) is 24.3 Å². The number of esters is 1. The summed E-state index contributed by atoms with van der Waals surface area (Å²) >= 11 is 0. The van der Waals surface area contributed by atoms with E-state index in [0.717, 1.165) is 5.56 Å². The summed E-state index contributed by atoms with van der Waals surface area (Å²) in [5.74, 6) is -0.210. The van der Waals surface area contributed by atoms with Gasteiger partial charge in [-0.1, -0.05) is 12.1 Å². The molecule has 1 aromatic rings. The number of carbonyl (C=O) groups excluding carboxylic acids is 2. The van der Waals surface area contributed by atoms with Gasteiger partial charge in [-0.15, -0.1) is 0 Å². The Morgan fingerprint density at radius 3 is 2.46 bits per heavy atom. The smallest absolute Gasteiger partial charge is 0.387 e. The van der Waals surface area contributed by atoms with Crippen LogP contribution in [-0.4, -0.2) is 56.7 Å². The molecule has 0 aromatic heterocycles. The highest BCUT2D eigenvalue weighted by Gasteiger charge is 2.26. The van der Waals surface area contributed by atoms with Gasteiger partial charge in [0.2, 0.25) is 5.91 Å². The van der Waals surface area contributed by atoms with E-state index in [1.165, 1.54) is 19.2 Å². The number of carbonyl (C=O) groups is 2. The van der Waals surface area contributed by atoms with Crippen LogP contribution in [0.1, 0.15) is 18.4 Å². The Labute approximate surface area is 151 Å². The lowest BCUT2D eigenvalue weighted by molar-refractivity contribution is -0.147. The minimum Gasteiger partial charge on any atom is -0.469 e. The van der Waals surface area contributed by atoms with Crippen molar-refractivity contribution in [3.63, 3.8) is 0 Å². The number of nitrogens with zero attached hydrogens (tertiary/aromatic N) is 1. The van der Waals surface area contributed by atoms with Crippen LogP contribution in [0.25, 0.3) is 0 Å². The number of methoxy groups -OCH3 is 1. The summed E-state index contributed by atoms with van der Waals surface area (Å²) in [5.41, 5.74) is 0.922. The van der Waals surface area contributed by atoms with Gasteiger partial charge in [-0.05, 0) is 50.0 Å². The molecule has 26 heavy (non-hydrogen) atoms. The molecular weight excluding hydrogens is 346 g/mol. The van der Waals surface area contributed by atoms with E-state index in [9.17, 15) is 18.4 Å². The van der Waals surface area contributed by atoms with Crippen molar-refractivity contribution in [1.29, 1.82) is 0 Å². The third-order valence-electron chi connectivity index (χ3n) is 4.37. The van der Waals surface area contributed by atoms with E-state index in [0.29, 0.717) is 45.4 Å². The Morgan fingerprint density at radius 1 is 1.23 bits per heavy atom. The lowest BCUT2D eigenvalue weighted by Gasteiger charge is -2.29. The molecule has 6 nitrogen and oxygen atoms in total. The predicted octanol–water partition coefficient (Wildman–Crippen LogP) is 1.83. The number of rotatable bonds is 8. The zero-order valence-corrected chi connectivity index (χ0v) is 14.7. The van der Waals surface area contributed by atoms with Crippen molar-refractivity contribution in [1.82, 2.24) is 10.2 Å². The van der Waals surface area contributed by atoms with Crippen molar-refractivity contribution in [2.45, 2.75) is 25.9 Å². The highest BCUT2D eigenvalue weighted by Crippen LogP contribution is 2.18. The molecule has 0 spiro atoms. The average molecular weight is 370 g/mol. The molecule has 1 heterocycles. The molecular formula is C18H24F2N2O4. The van der Waals surface area contributed by atoms with Crippen LogP contribution in [0.2, 0.25) is 0 Å². The first kappa shape index (κ1) is 20.1. The number of piperidine rings is 1. The minimum atomic E-state index is -2.84. The Morgan fingerprint density at radius 2 is 1.88 bits per heavy atom. The van der Waals surface area contributed by atoms with Gasteiger partial charge in [-0.3, -0.25) is 14.5 Å². The number of benzene rings is 1. The number of alkyl halides is 2. The number of halogens is 2. The topological polar surface area (TPSA) is 67.9 Å². The number of amides is 1. The number of ether oxygens (including phenoxy) is 2. The summed E-state index contributed by atoms with van der Waals surface area (Å²) in [7, 11) is 1.39. The van der Waals surface area contributed by atoms with Crippen molar-refractivity contribution >= 4 is 11.9 Å². The molecule has 1 aliphatic rings. The summed E-state index contributed by atoms with van der Waals surface area (Å²) in [6.07, 6.45) is 2.01. The molecule has 1 saturated heterocycles. The monoisotopic (exact) mass is 370 g/mol. The van der Waals surface area contributed by atoms with Crippen LogP contribution in [-0.2, 0) is 20.7 Å². The van der Waals surface area contributed by atoms with E-state index < -0.39 is 6.61 Å². The third-order valence-corrected chi connectivity index (χ3v) is 4.37. The zero-order chi connectivity index (χ0) is 18.9. The number of likely N-dealkylation sites (tertiary alicyclic amines) is 1. The molecule has 0 unspecified atom stereocenters. The largest absolute Gasteiger partial charge is 0.469 e. The number of hydrogen-bond acceptors (Lipinski definition) is 5. The second kappa shape index (κ2) is 10.1. The highest BCUT2D eigenvalue weighted by atomic mass is 19.3. The molecule has 1 fully saturated rings. The fraction of sp³-hybridized carbons (Fsp3) is 0.556. The first-order valence-corrected chi connectivity index (χ1v) is 8.58. The van der Waals surface area contributed by atoms with Crippen molar-refractivity contribution in [2.24, 2.45) is 5.92 Å². The van der Waals surface area contributed by atoms with E-state index in [1.54, 1.807) is 12.1 Å². The summed E-state index contributed by atoms with van der Waals surface area (Å²) in [4.78, 5) is 25.5. The van der Waals surface area contributed by atoms with E-state index in [2.05, 4.69) is 10.1 Å². The van der Waals surface area contributed by atoms with Gasteiger partial charge in [0.25, 0.3) is 0 Å². The maximum absolute atomic E-state index is 12.1. The van der Waals surface area contributed by atoms with Crippen LogP contribution >= 0.6 is 0 Å². The summed E-state index contributed by atoms with van der Waals surface area (Å²) in [6, 6.07) is 6.35. The van der Waals surface area contributed by atoms with Crippen LogP contribution in [0.3, 0.4) is 0 Å². The molecule has 1 aliphatic heterocycles. The molecule has 0 bridgehead atoms. The van der Waals surface area contributed by atoms with E-state index in [-0.39, 0.29) is 23.5 Å². The van der Waals surface area contributed by atoms with Gasteiger partial charge in [-0.25, -0.2) is 0 Å². The van der Waals surface area contributed by atoms with Gasteiger partial charge in [0.1, 0.15) is 5.75 Å². The Kier molecular flexibility index (Phi) is 7.77. The standard InChI is InChI=1S/C18H24F2N2O4/c1-25-17(24)14-7-10-22(11-8-14)12-16(23)21-9-6-13-2-4-15(5-3-13)26-18(19)20/h2-5,14,18H,6-12H2,1H3,(H,21,23). The number of nitrogens with one attached hydrogen (secondary N) is 1. The van der Waals surface area contributed by atoms with Crippen LogP contribution < -0.4 is 10.1 Å². The highest BCUT2D eigenvalue weighted by molar-refractivity contribution is 5.78. The van der Waals surface area contributed by atoms with E-state index in [1.807, 2.05) is 4.90 Å². The lowest BCUT2D eigenvalue weighted by Crippen LogP contribution is -2.43. The zero-order valence-electron chi connectivity index (χ0n) is 14.7. The average Bonchev–Trinajstić information content (AvgIpc) is 2.62. The van der Waals surface area contributed by atoms with Gasteiger partial charge in [-0.2, -0.15) is 8.78 Å². The van der Waals surface area contributed by atoms with Gasteiger partial charge in [0.05, 0.1) is 19.6 Å². The molecule has 1 aromatic carbocycles. The summed E-state index contributed by atoms with van der Waals surface area (Å²) < 4.78 is 33.2. The maximum Gasteiger partial charge on any atom is 0.387 e. The SMILES string of the molecule is COC(=O)C1CCN(CC(=O)NCCc2ccc(OC(F)F)cc2)CC1. The molecule has 8 heteroatoms. The quantitative estimate of drug-likeness (QED) is 0.707. The first-order chi connectivity index (χ1) is 12.5. The van der Waals surface area contributed by atoms with Gasteiger partial charge in [0.15, 0.2) is 0 Å². The van der Waals surface area contributed by atoms with Crippen molar-refractivity contribution in [2.75, 3.05) is 33.3 Å². The molecule has 0 radical (unpaired) electrons. The second-order valence-electron chi connectivity index (χ2n) is 6.20.